The van der Waals surface area contributed by atoms with E-state index in [9.17, 15) is 4.79 Å². The minimum Gasteiger partial charge on any atom is -0.464 e. The molecule has 2 bridgehead atoms. The number of carbonyl (C=O) groups is 1. The summed E-state index contributed by atoms with van der Waals surface area (Å²) in [6.07, 6.45) is 2.48. The second kappa shape index (κ2) is 7.31. The molecule has 0 saturated heterocycles. The first-order chi connectivity index (χ1) is 11.4. The minimum atomic E-state index is -0.569. The Kier molecular flexibility index (Phi) is 5.40. The van der Waals surface area contributed by atoms with Gasteiger partial charge in [-0.3, -0.25) is 10.3 Å². The van der Waals surface area contributed by atoms with Crippen LogP contribution in [0, 0.1) is 0 Å². The number of oxime groups is 1. The van der Waals surface area contributed by atoms with Crippen LogP contribution < -0.4 is 5.48 Å². The van der Waals surface area contributed by atoms with Gasteiger partial charge < -0.3 is 9.57 Å². The second-order valence-corrected chi connectivity index (χ2v) is 5.32. The maximum atomic E-state index is 12.0. The molecule has 0 aromatic rings. The molecule has 2 heterocycles. The topological polar surface area (TPSA) is 81.4 Å². The normalized spacial score (nSPS) is 18.1. The number of ether oxygens (including phenoxy) is 1. The fraction of sp³-hybridized carbons (Fsp3) is 0.438. The van der Waals surface area contributed by atoms with Gasteiger partial charge in [0.05, 0.1) is 20.6 Å². The molecule has 0 spiro atoms. The third-order valence-corrected chi connectivity index (χ3v) is 3.77. The molecule has 130 valence electrons. The number of hydrogen-bond donors (Lipinski definition) is 1. The lowest BCUT2D eigenvalue weighted by molar-refractivity contribution is -0.741. The Morgan fingerprint density at radius 3 is 2.58 bits per heavy atom. The zero-order chi connectivity index (χ0) is 17.9. The van der Waals surface area contributed by atoms with Gasteiger partial charge in [0.1, 0.15) is 12.8 Å². The molecule has 0 aromatic carbocycles. The number of rotatable bonds is 6. The van der Waals surface area contributed by atoms with Crippen LogP contribution in [0.2, 0.25) is 0 Å². The zero-order valence-electron chi connectivity index (χ0n) is 14.7. The SMILES string of the molecule is CON=C(C(=O)OC)C1=C2O[N+](C(C)=C(C)NOC)=C(C=C2C)C1. The number of allylic oxidation sites excluding steroid dienone is 4. The molecule has 0 fully saturated rings. The van der Waals surface area contributed by atoms with Crippen molar-refractivity contribution in [1.29, 1.82) is 0 Å². The standard InChI is InChI=1S/C16H22N3O5/c1-9-7-12-8-13(14(18-23-6)16(20)21-4)15(9)24-19(12)11(3)10(2)17-22-5/h7,17H,8H2,1-6H3/q+1. The monoisotopic (exact) mass is 336 g/mol. The summed E-state index contributed by atoms with van der Waals surface area (Å²) in [5, 5.41) is 3.81. The lowest BCUT2D eigenvalue weighted by atomic mass is 9.92. The molecule has 3 aliphatic rings. The number of esters is 1. The predicted molar refractivity (Wildman–Crippen MR) is 86.7 cm³/mol. The molecule has 2 aliphatic heterocycles. The van der Waals surface area contributed by atoms with Gasteiger partial charge >= 0.3 is 5.97 Å². The molecule has 0 atom stereocenters. The quantitative estimate of drug-likeness (QED) is 0.343. The van der Waals surface area contributed by atoms with Gasteiger partial charge in [0.2, 0.25) is 11.5 Å². The van der Waals surface area contributed by atoms with Crippen molar-refractivity contribution in [2.75, 3.05) is 21.3 Å². The zero-order valence-corrected chi connectivity index (χ0v) is 14.7. The van der Waals surface area contributed by atoms with Crippen molar-refractivity contribution in [1.82, 2.24) is 5.48 Å². The van der Waals surface area contributed by atoms with Gasteiger partial charge in [-0.25, -0.2) is 9.63 Å². The fourth-order valence-electron chi connectivity index (χ4n) is 2.53. The van der Waals surface area contributed by atoms with E-state index < -0.39 is 5.97 Å². The maximum absolute atomic E-state index is 12.0. The first-order valence-electron chi connectivity index (χ1n) is 7.36. The molecule has 1 aliphatic carbocycles. The van der Waals surface area contributed by atoms with Crippen LogP contribution in [0.4, 0.5) is 0 Å². The summed E-state index contributed by atoms with van der Waals surface area (Å²) < 4.78 is 6.49. The van der Waals surface area contributed by atoms with Crippen molar-refractivity contribution in [3.05, 3.63) is 34.4 Å². The van der Waals surface area contributed by atoms with Crippen LogP contribution in [0.3, 0.4) is 0 Å². The maximum Gasteiger partial charge on any atom is 0.360 e. The van der Waals surface area contributed by atoms with Crippen molar-refractivity contribution >= 4 is 17.4 Å². The first-order valence-corrected chi connectivity index (χ1v) is 7.36. The molecule has 8 nitrogen and oxygen atoms in total. The number of hydroxylamine groups is 2. The van der Waals surface area contributed by atoms with Gasteiger partial charge in [-0.15, -0.1) is 0 Å². The van der Waals surface area contributed by atoms with Crippen molar-refractivity contribution in [3.63, 3.8) is 0 Å². The van der Waals surface area contributed by atoms with Crippen molar-refractivity contribution < 1.29 is 28.8 Å². The molecule has 8 heteroatoms. The summed E-state index contributed by atoms with van der Waals surface area (Å²) in [6, 6.07) is 0. The van der Waals surface area contributed by atoms with Gasteiger partial charge in [0.25, 0.3) is 5.70 Å². The number of carbonyl (C=O) groups excluding carboxylic acids is 1. The van der Waals surface area contributed by atoms with E-state index >= 15 is 0 Å². The highest BCUT2D eigenvalue weighted by Crippen LogP contribution is 2.32. The average Bonchev–Trinajstić information content (AvgIpc) is 2.58. The highest BCUT2D eigenvalue weighted by molar-refractivity contribution is 6.44. The predicted octanol–water partition coefficient (Wildman–Crippen LogP) is 1.57. The van der Waals surface area contributed by atoms with Crippen LogP contribution in [-0.4, -0.2) is 43.5 Å². The molecule has 0 saturated carbocycles. The van der Waals surface area contributed by atoms with Crippen LogP contribution in [0.15, 0.2) is 39.5 Å². The van der Waals surface area contributed by atoms with Crippen molar-refractivity contribution in [2.45, 2.75) is 27.2 Å². The minimum absolute atomic E-state index is 0.105. The van der Waals surface area contributed by atoms with E-state index in [-0.39, 0.29) is 5.71 Å². The fourth-order valence-corrected chi connectivity index (χ4v) is 2.53. The van der Waals surface area contributed by atoms with E-state index in [1.54, 1.807) is 11.8 Å². The number of hydrogen-bond acceptors (Lipinski definition) is 7. The number of nitrogens with one attached hydrogen (secondary N) is 1. The van der Waals surface area contributed by atoms with Crippen LogP contribution in [0.25, 0.3) is 0 Å². The van der Waals surface area contributed by atoms with Crippen molar-refractivity contribution in [2.24, 2.45) is 5.16 Å². The summed E-state index contributed by atoms with van der Waals surface area (Å²) in [5.41, 5.74) is 6.96. The Morgan fingerprint density at radius 1 is 1.33 bits per heavy atom. The molecule has 24 heavy (non-hydrogen) atoms. The van der Waals surface area contributed by atoms with E-state index in [2.05, 4.69) is 10.6 Å². The van der Waals surface area contributed by atoms with Crippen LogP contribution in [0.1, 0.15) is 27.2 Å². The van der Waals surface area contributed by atoms with Crippen molar-refractivity contribution in [3.8, 4) is 0 Å². The summed E-state index contributed by atoms with van der Waals surface area (Å²) in [7, 11) is 4.22. The Balaban J connectivity index is 2.46. The van der Waals surface area contributed by atoms with E-state index in [1.165, 1.54) is 14.2 Å². The Hall–Kier alpha value is -2.61. The van der Waals surface area contributed by atoms with E-state index in [0.717, 1.165) is 22.7 Å². The van der Waals surface area contributed by atoms with Gasteiger partial charge in [-0.1, -0.05) is 5.16 Å². The Morgan fingerprint density at radius 2 is 2.04 bits per heavy atom. The van der Waals surface area contributed by atoms with Gasteiger partial charge in [0, 0.05) is 28.9 Å². The smallest absolute Gasteiger partial charge is 0.360 e. The molecular weight excluding hydrogens is 314 g/mol. The third-order valence-electron chi connectivity index (χ3n) is 3.77. The van der Waals surface area contributed by atoms with E-state index in [1.807, 2.05) is 26.8 Å². The molecule has 0 amide bonds. The highest BCUT2D eigenvalue weighted by Gasteiger charge is 2.40. The molecule has 1 N–H and O–H groups in total. The van der Waals surface area contributed by atoms with Crippen LogP contribution >= 0.6 is 0 Å². The Bertz CT molecular complexity index is 713. The Labute approximate surface area is 140 Å². The van der Waals surface area contributed by atoms with Crippen LogP contribution in [0.5, 0.6) is 0 Å². The van der Waals surface area contributed by atoms with Crippen LogP contribution in [-0.2, 0) is 24.0 Å². The molecule has 0 radical (unpaired) electrons. The van der Waals surface area contributed by atoms with E-state index in [0.29, 0.717) is 17.8 Å². The first kappa shape index (κ1) is 17.7. The average molecular weight is 336 g/mol. The highest BCUT2D eigenvalue weighted by atomic mass is 16.7. The molecule has 0 aromatic heterocycles. The largest absolute Gasteiger partial charge is 0.464 e. The van der Waals surface area contributed by atoms with Gasteiger partial charge in [-0.05, 0) is 13.8 Å². The van der Waals surface area contributed by atoms with Gasteiger partial charge in [-0.2, -0.15) is 0 Å². The molecular formula is C16H22N3O5+. The summed E-state index contributed by atoms with van der Waals surface area (Å²) in [6.45, 7) is 5.69. The summed E-state index contributed by atoms with van der Waals surface area (Å²) in [4.78, 5) is 27.7. The van der Waals surface area contributed by atoms with E-state index in [4.69, 9.17) is 19.2 Å². The number of methoxy groups -OCH3 is 1. The number of nitrogens with zero attached hydrogens (tertiary/aromatic N) is 2. The summed E-state index contributed by atoms with van der Waals surface area (Å²) in [5.74, 6) is -0.00397. The molecule has 3 rings (SSSR count). The molecule has 0 unspecified atom stereocenters. The van der Waals surface area contributed by atoms with Gasteiger partial charge in [0.15, 0.2) is 5.71 Å². The lowest BCUT2D eigenvalue weighted by Crippen LogP contribution is -2.35. The second-order valence-electron chi connectivity index (χ2n) is 5.32. The summed E-state index contributed by atoms with van der Waals surface area (Å²) >= 11 is 0. The third kappa shape index (κ3) is 3.18. The number of fused-ring (bicyclic) bond motifs is 2. The lowest BCUT2D eigenvalue weighted by Gasteiger charge is -2.23.